The van der Waals surface area contributed by atoms with Gasteiger partial charge in [0.15, 0.2) is 5.65 Å². The quantitative estimate of drug-likeness (QED) is 0.377. The van der Waals surface area contributed by atoms with Crippen LogP contribution in [0.15, 0.2) is 71.5 Å². The Balaban J connectivity index is 1.59. The lowest BCUT2D eigenvalue weighted by molar-refractivity contribution is -0.139. The summed E-state index contributed by atoms with van der Waals surface area (Å²) in [5, 5.41) is 11.9. The topological polar surface area (TPSA) is 136 Å². The van der Waals surface area contributed by atoms with Crippen LogP contribution in [0.4, 0.5) is 4.79 Å². The minimum Gasteiger partial charge on any atom is -0.468 e. The molecule has 2 N–H and O–H groups in total. The summed E-state index contributed by atoms with van der Waals surface area (Å²) in [4.78, 5) is 55.1. The number of imidazole rings is 1. The number of nitrogens with one attached hydrogen (secondary N) is 1. The van der Waals surface area contributed by atoms with Crippen molar-refractivity contribution in [3.05, 3.63) is 82.9 Å². The number of carbonyl (C=O) groups is 3. The Bertz CT molecular complexity index is 1580. The molecule has 0 unspecified atom stereocenters. The van der Waals surface area contributed by atoms with Gasteiger partial charge in [0.05, 0.1) is 24.4 Å². The van der Waals surface area contributed by atoms with E-state index < -0.39 is 24.0 Å². The molecule has 0 radical (unpaired) electrons. The fourth-order valence-corrected chi connectivity index (χ4v) is 4.67. The maximum Gasteiger partial charge on any atom is 0.407 e. The van der Waals surface area contributed by atoms with Crippen LogP contribution < -0.4 is 11.0 Å². The number of fused-ring (bicyclic) bond motifs is 1. The third-order valence-electron chi connectivity index (χ3n) is 6.61. The number of likely N-dealkylation sites (tertiary alicyclic amines) is 1. The molecule has 1 aliphatic rings. The minimum absolute atomic E-state index is 0.0137. The number of nitrogens with zero attached hydrogens (tertiary/aromatic N) is 4. The van der Waals surface area contributed by atoms with E-state index in [2.05, 4.69) is 15.0 Å². The Kier molecular flexibility index (Phi) is 6.65. The van der Waals surface area contributed by atoms with Crippen LogP contribution >= 0.6 is 0 Å². The molecule has 4 aromatic rings. The van der Waals surface area contributed by atoms with Crippen molar-refractivity contribution >= 4 is 29.1 Å². The van der Waals surface area contributed by atoms with Gasteiger partial charge in [-0.05, 0) is 41.8 Å². The van der Waals surface area contributed by atoms with Crippen LogP contribution in [-0.4, -0.2) is 68.8 Å². The molecule has 0 saturated carbocycles. The van der Waals surface area contributed by atoms with Crippen LogP contribution in [0.3, 0.4) is 0 Å². The highest BCUT2D eigenvalue weighted by atomic mass is 16.5. The number of ether oxygens (including phenoxy) is 1. The number of aromatic nitrogens is 3. The number of amides is 2. The van der Waals surface area contributed by atoms with Crippen LogP contribution in [0.25, 0.3) is 28.0 Å². The van der Waals surface area contributed by atoms with Crippen molar-refractivity contribution in [3.8, 4) is 16.8 Å². The van der Waals surface area contributed by atoms with Crippen molar-refractivity contribution in [3.63, 3.8) is 0 Å². The summed E-state index contributed by atoms with van der Waals surface area (Å²) < 4.78 is 7.52. The Labute approximate surface area is 216 Å². The third-order valence-corrected chi connectivity index (χ3v) is 6.61. The molecule has 1 atom stereocenters. The van der Waals surface area contributed by atoms with Gasteiger partial charge in [-0.2, -0.15) is 0 Å². The summed E-state index contributed by atoms with van der Waals surface area (Å²) in [6.07, 6.45) is -0.629. The zero-order chi connectivity index (χ0) is 26.8. The lowest BCUT2D eigenvalue weighted by Gasteiger charge is -2.13. The van der Waals surface area contributed by atoms with Crippen molar-refractivity contribution < 1.29 is 24.2 Å². The molecule has 1 saturated heterocycles. The van der Waals surface area contributed by atoms with Crippen molar-refractivity contribution in [2.75, 3.05) is 26.7 Å². The first-order valence-electron chi connectivity index (χ1n) is 12.0. The van der Waals surface area contributed by atoms with Crippen LogP contribution in [0.2, 0.25) is 0 Å². The molecule has 5 rings (SSSR count). The molecule has 2 amide bonds. The molecule has 11 nitrogen and oxygen atoms in total. The van der Waals surface area contributed by atoms with E-state index in [-0.39, 0.29) is 36.7 Å². The molecule has 0 bridgehead atoms. The molecule has 3 heterocycles. The van der Waals surface area contributed by atoms with Crippen LogP contribution in [0.5, 0.6) is 0 Å². The molecule has 194 valence electrons. The van der Waals surface area contributed by atoms with E-state index in [0.717, 1.165) is 11.1 Å². The zero-order valence-corrected chi connectivity index (χ0v) is 20.5. The Hall–Kier alpha value is -4.93. The van der Waals surface area contributed by atoms with Gasteiger partial charge in [0.25, 0.3) is 5.91 Å². The number of carboxylic acid groups (broad SMARTS) is 1. The Morgan fingerprint density at radius 1 is 1.03 bits per heavy atom. The second kappa shape index (κ2) is 10.2. The van der Waals surface area contributed by atoms with Gasteiger partial charge in [0, 0.05) is 13.1 Å². The van der Waals surface area contributed by atoms with E-state index in [1.807, 2.05) is 54.6 Å². The standard InChI is InChI=1S/C27H25N5O6/c1-38-23(33)15-28-25(34)21-11-12-22-24(29-21)32(20-13-14-30(16-20)27(36)37)26(35)31(22)19-9-7-18(8-10-19)17-5-3-2-4-6-17/h2-12,20H,13-16H2,1H3,(H,28,34)(H,36,37)/t20-/m0/s1. The van der Waals surface area contributed by atoms with Gasteiger partial charge in [-0.1, -0.05) is 42.5 Å². The van der Waals surface area contributed by atoms with Gasteiger partial charge in [0.1, 0.15) is 12.2 Å². The lowest BCUT2D eigenvalue weighted by atomic mass is 10.1. The van der Waals surface area contributed by atoms with E-state index >= 15 is 0 Å². The van der Waals surface area contributed by atoms with E-state index in [1.165, 1.54) is 27.2 Å². The number of hydrogen-bond acceptors (Lipinski definition) is 6. The number of benzene rings is 2. The highest BCUT2D eigenvalue weighted by Gasteiger charge is 2.31. The number of hydrogen-bond donors (Lipinski definition) is 2. The summed E-state index contributed by atoms with van der Waals surface area (Å²) in [5.41, 5.74) is 2.99. The molecule has 2 aromatic heterocycles. The normalized spacial score (nSPS) is 15.0. The second-order valence-electron chi connectivity index (χ2n) is 8.87. The number of esters is 1. The Morgan fingerprint density at radius 3 is 2.39 bits per heavy atom. The number of pyridine rings is 1. The van der Waals surface area contributed by atoms with Gasteiger partial charge in [0.2, 0.25) is 0 Å². The van der Waals surface area contributed by atoms with Gasteiger partial charge in [-0.25, -0.2) is 14.6 Å². The first kappa shape index (κ1) is 24.8. The molecule has 11 heteroatoms. The average molecular weight is 516 g/mol. The third kappa shape index (κ3) is 4.61. The smallest absolute Gasteiger partial charge is 0.407 e. The highest BCUT2D eigenvalue weighted by Crippen LogP contribution is 2.27. The maximum atomic E-state index is 13.8. The lowest BCUT2D eigenvalue weighted by Crippen LogP contribution is -2.31. The van der Waals surface area contributed by atoms with Crippen molar-refractivity contribution in [1.29, 1.82) is 0 Å². The van der Waals surface area contributed by atoms with Crippen molar-refractivity contribution in [2.24, 2.45) is 0 Å². The Morgan fingerprint density at radius 2 is 1.74 bits per heavy atom. The first-order valence-corrected chi connectivity index (χ1v) is 12.0. The fraction of sp³-hybridized carbons (Fsp3) is 0.222. The first-order chi connectivity index (χ1) is 18.4. The van der Waals surface area contributed by atoms with E-state index in [0.29, 0.717) is 17.6 Å². The summed E-state index contributed by atoms with van der Waals surface area (Å²) in [7, 11) is 1.22. The van der Waals surface area contributed by atoms with Crippen LogP contribution in [0.1, 0.15) is 23.0 Å². The molecule has 38 heavy (non-hydrogen) atoms. The molecule has 2 aromatic carbocycles. The highest BCUT2D eigenvalue weighted by molar-refractivity contribution is 5.96. The van der Waals surface area contributed by atoms with Gasteiger partial charge >= 0.3 is 17.8 Å². The SMILES string of the molecule is COC(=O)CNC(=O)c1ccc2c(n1)n([C@H]1CCN(C(=O)O)C1)c(=O)n2-c1ccc(-c2ccccc2)cc1. The number of methoxy groups -OCH3 is 1. The predicted molar refractivity (Wildman–Crippen MR) is 138 cm³/mol. The molecule has 1 fully saturated rings. The van der Waals surface area contributed by atoms with Crippen LogP contribution in [0, 0.1) is 0 Å². The largest absolute Gasteiger partial charge is 0.468 e. The molecule has 1 aliphatic heterocycles. The van der Waals surface area contributed by atoms with E-state index in [9.17, 15) is 24.3 Å². The van der Waals surface area contributed by atoms with E-state index in [4.69, 9.17) is 0 Å². The molecule has 0 spiro atoms. The van der Waals surface area contributed by atoms with Crippen molar-refractivity contribution in [1.82, 2.24) is 24.3 Å². The zero-order valence-electron chi connectivity index (χ0n) is 20.5. The average Bonchev–Trinajstić information content (AvgIpc) is 3.54. The summed E-state index contributed by atoms with van der Waals surface area (Å²) >= 11 is 0. The monoisotopic (exact) mass is 515 g/mol. The van der Waals surface area contributed by atoms with E-state index in [1.54, 1.807) is 6.07 Å². The van der Waals surface area contributed by atoms with Gasteiger partial charge < -0.3 is 20.1 Å². The van der Waals surface area contributed by atoms with Gasteiger partial charge in [-0.3, -0.25) is 18.7 Å². The second-order valence-corrected chi connectivity index (χ2v) is 8.87. The van der Waals surface area contributed by atoms with Crippen LogP contribution in [-0.2, 0) is 9.53 Å². The fourth-order valence-electron chi connectivity index (χ4n) is 4.67. The summed E-state index contributed by atoms with van der Waals surface area (Å²) in [6, 6.07) is 20.0. The predicted octanol–water partition coefficient (Wildman–Crippen LogP) is 2.68. The number of carbonyl (C=O) groups excluding carboxylic acids is 2. The molecule has 0 aliphatic carbocycles. The number of rotatable bonds is 6. The summed E-state index contributed by atoms with van der Waals surface area (Å²) in [5.74, 6) is -1.21. The maximum absolute atomic E-state index is 13.8. The van der Waals surface area contributed by atoms with Crippen molar-refractivity contribution in [2.45, 2.75) is 12.5 Å². The minimum atomic E-state index is -1.06. The van der Waals surface area contributed by atoms with Gasteiger partial charge in [-0.15, -0.1) is 0 Å². The molecular weight excluding hydrogens is 490 g/mol. The molecular formula is C27H25N5O6. The summed E-state index contributed by atoms with van der Waals surface area (Å²) in [6.45, 7) is 0.0821.